The maximum atomic E-state index is 6.10. The van der Waals surface area contributed by atoms with Crippen molar-refractivity contribution in [3.8, 4) is 11.5 Å². The van der Waals surface area contributed by atoms with Crippen LogP contribution in [0.25, 0.3) is 11.5 Å². The van der Waals surface area contributed by atoms with E-state index in [0.717, 1.165) is 19.4 Å². The van der Waals surface area contributed by atoms with Gasteiger partial charge in [0.25, 0.3) is 0 Å². The van der Waals surface area contributed by atoms with Crippen molar-refractivity contribution in [3.05, 3.63) is 28.2 Å². The van der Waals surface area contributed by atoms with Crippen molar-refractivity contribution in [2.45, 2.75) is 31.7 Å². The summed E-state index contributed by atoms with van der Waals surface area (Å²) in [5.74, 6) is 1.35. The van der Waals surface area contributed by atoms with E-state index in [-0.39, 0.29) is 0 Å². The SMILES string of the molecule is CC1CC(c2nc(-c3ncc(Cl)cc3Cl)no2)CCN1. The molecule has 2 aromatic rings. The number of pyridine rings is 1. The lowest BCUT2D eigenvalue weighted by molar-refractivity contribution is 0.295. The van der Waals surface area contributed by atoms with Crippen LogP contribution in [0.2, 0.25) is 10.0 Å². The van der Waals surface area contributed by atoms with Crippen LogP contribution in [-0.4, -0.2) is 27.7 Å². The Labute approximate surface area is 126 Å². The van der Waals surface area contributed by atoms with Gasteiger partial charge in [-0.1, -0.05) is 28.4 Å². The van der Waals surface area contributed by atoms with Crippen LogP contribution in [-0.2, 0) is 0 Å². The Morgan fingerprint density at radius 3 is 3.00 bits per heavy atom. The molecule has 0 aliphatic carbocycles. The van der Waals surface area contributed by atoms with Gasteiger partial charge < -0.3 is 9.84 Å². The van der Waals surface area contributed by atoms with Crippen LogP contribution in [0.5, 0.6) is 0 Å². The van der Waals surface area contributed by atoms with Gasteiger partial charge in [-0.15, -0.1) is 0 Å². The minimum atomic E-state index is 0.290. The van der Waals surface area contributed by atoms with Crippen molar-refractivity contribution in [1.82, 2.24) is 20.4 Å². The third-order valence-corrected chi connectivity index (χ3v) is 3.93. The van der Waals surface area contributed by atoms with Crippen molar-refractivity contribution in [2.75, 3.05) is 6.54 Å². The topological polar surface area (TPSA) is 63.8 Å². The molecule has 1 saturated heterocycles. The predicted octanol–water partition coefficient (Wildman–Crippen LogP) is 3.29. The molecule has 2 aromatic heterocycles. The highest BCUT2D eigenvalue weighted by Gasteiger charge is 2.25. The number of hydrogen-bond acceptors (Lipinski definition) is 5. The van der Waals surface area contributed by atoms with Crippen LogP contribution in [0.4, 0.5) is 0 Å². The highest BCUT2D eigenvalue weighted by atomic mass is 35.5. The molecule has 0 spiro atoms. The minimum absolute atomic E-state index is 0.290. The maximum absolute atomic E-state index is 6.10. The predicted molar refractivity (Wildman–Crippen MR) is 77.0 cm³/mol. The molecule has 3 heterocycles. The van der Waals surface area contributed by atoms with Gasteiger partial charge >= 0.3 is 0 Å². The Morgan fingerprint density at radius 1 is 1.40 bits per heavy atom. The van der Waals surface area contributed by atoms with E-state index in [4.69, 9.17) is 27.7 Å². The smallest absolute Gasteiger partial charge is 0.230 e. The molecule has 7 heteroatoms. The lowest BCUT2D eigenvalue weighted by Gasteiger charge is -2.25. The fourth-order valence-electron chi connectivity index (χ4n) is 2.43. The molecule has 0 saturated carbocycles. The van der Waals surface area contributed by atoms with Gasteiger partial charge in [-0.05, 0) is 32.4 Å². The summed E-state index contributed by atoms with van der Waals surface area (Å²) in [6.07, 6.45) is 3.50. The number of piperidine rings is 1. The first-order valence-corrected chi connectivity index (χ1v) is 7.27. The first kappa shape index (κ1) is 13.8. The van der Waals surface area contributed by atoms with E-state index < -0.39 is 0 Å². The highest BCUT2D eigenvalue weighted by molar-refractivity contribution is 6.35. The fraction of sp³-hybridized carbons (Fsp3) is 0.462. The van der Waals surface area contributed by atoms with E-state index in [9.17, 15) is 0 Å². The Kier molecular flexibility index (Phi) is 3.92. The van der Waals surface area contributed by atoms with Crippen molar-refractivity contribution >= 4 is 23.2 Å². The summed E-state index contributed by atoms with van der Waals surface area (Å²) in [6, 6.07) is 2.08. The van der Waals surface area contributed by atoms with Gasteiger partial charge in [0.05, 0.1) is 10.0 Å². The zero-order valence-electron chi connectivity index (χ0n) is 10.9. The molecule has 0 amide bonds. The summed E-state index contributed by atoms with van der Waals surface area (Å²) in [5.41, 5.74) is 0.494. The third kappa shape index (κ3) is 2.80. The molecule has 1 aliphatic rings. The van der Waals surface area contributed by atoms with E-state index in [1.54, 1.807) is 6.07 Å². The molecular weight excluding hydrogens is 299 g/mol. The van der Waals surface area contributed by atoms with Crippen molar-refractivity contribution < 1.29 is 4.52 Å². The molecule has 1 N–H and O–H groups in total. The molecule has 106 valence electrons. The van der Waals surface area contributed by atoms with E-state index in [2.05, 4.69) is 27.4 Å². The molecule has 0 radical (unpaired) electrons. The van der Waals surface area contributed by atoms with Crippen molar-refractivity contribution in [3.63, 3.8) is 0 Å². The van der Waals surface area contributed by atoms with Crippen LogP contribution in [0, 0.1) is 0 Å². The fourth-order valence-corrected chi connectivity index (χ4v) is 2.90. The van der Waals surface area contributed by atoms with Gasteiger partial charge in [0.1, 0.15) is 5.69 Å². The standard InChI is InChI=1S/C13H14Cl2N4O/c1-7-4-8(2-3-16-7)13-18-12(19-20-13)11-10(15)5-9(14)6-17-11/h5-8,16H,2-4H2,1H3. The van der Waals surface area contributed by atoms with Gasteiger partial charge in [0.15, 0.2) is 0 Å². The lowest BCUT2D eigenvalue weighted by atomic mass is 9.93. The summed E-state index contributed by atoms with van der Waals surface area (Å²) in [5, 5.41) is 8.28. The second-order valence-corrected chi connectivity index (χ2v) is 5.86. The molecule has 3 rings (SSSR count). The Bertz CT molecular complexity index is 616. The summed E-state index contributed by atoms with van der Waals surface area (Å²) < 4.78 is 5.37. The number of aromatic nitrogens is 3. The zero-order valence-corrected chi connectivity index (χ0v) is 12.4. The first-order valence-electron chi connectivity index (χ1n) is 6.52. The van der Waals surface area contributed by atoms with Crippen molar-refractivity contribution in [1.29, 1.82) is 0 Å². The highest BCUT2D eigenvalue weighted by Crippen LogP contribution is 2.30. The summed E-state index contributed by atoms with van der Waals surface area (Å²) in [7, 11) is 0. The lowest BCUT2D eigenvalue weighted by Crippen LogP contribution is -2.34. The Balaban J connectivity index is 1.86. The molecule has 2 unspecified atom stereocenters. The summed E-state index contributed by atoms with van der Waals surface area (Å²) in [6.45, 7) is 3.12. The van der Waals surface area contributed by atoms with E-state index in [1.807, 2.05) is 0 Å². The van der Waals surface area contributed by atoms with Crippen LogP contribution >= 0.6 is 23.2 Å². The average Bonchev–Trinajstić information content (AvgIpc) is 2.88. The molecule has 5 nitrogen and oxygen atoms in total. The second-order valence-electron chi connectivity index (χ2n) is 5.02. The second kappa shape index (κ2) is 5.68. The van der Waals surface area contributed by atoms with Crippen LogP contribution in [0.3, 0.4) is 0 Å². The van der Waals surface area contributed by atoms with Crippen LogP contribution in [0.1, 0.15) is 31.6 Å². The number of rotatable bonds is 2. The zero-order chi connectivity index (χ0) is 14.1. The van der Waals surface area contributed by atoms with Gasteiger partial charge in [-0.3, -0.25) is 0 Å². The van der Waals surface area contributed by atoms with E-state index >= 15 is 0 Å². The maximum Gasteiger partial charge on any atom is 0.230 e. The molecule has 2 atom stereocenters. The molecule has 1 aliphatic heterocycles. The molecular formula is C13H14Cl2N4O. The number of hydrogen-bond donors (Lipinski definition) is 1. The number of halogens is 2. The Morgan fingerprint density at radius 2 is 2.25 bits per heavy atom. The third-order valence-electron chi connectivity index (χ3n) is 3.43. The summed E-state index contributed by atoms with van der Waals surface area (Å²) >= 11 is 11.9. The normalized spacial score (nSPS) is 22.9. The Hall–Kier alpha value is -1.17. The monoisotopic (exact) mass is 312 g/mol. The van der Waals surface area contributed by atoms with E-state index in [1.165, 1.54) is 6.20 Å². The van der Waals surface area contributed by atoms with Crippen LogP contribution in [0.15, 0.2) is 16.8 Å². The van der Waals surface area contributed by atoms with Gasteiger partial charge in [-0.25, -0.2) is 4.98 Å². The number of nitrogens with one attached hydrogen (secondary N) is 1. The minimum Gasteiger partial charge on any atom is -0.339 e. The molecule has 0 bridgehead atoms. The summed E-state index contributed by atoms with van der Waals surface area (Å²) in [4.78, 5) is 8.59. The van der Waals surface area contributed by atoms with Crippen LogP contribution < -0.4 is 5.32 Å². The largest absolute Gasteiger partial charge is 0.339 e. The van der Waals surface area contributed by atoms with E-state index in [0.29, 0.717) is 39.4 Å². The average molecular weight is 313 g/mol. The van der Waals surface area contributed by atoms with Gasteiger partial charge in [0.2, 0.25) is 11.7 Å². The number of nitrogens with zero attached hydrogens (tertiary/aromatic N) is 3. The first-order chi connectivity index (χ1) is 9.63. The van der Waals surface area contributed by atoms with Gasteiger partial charge in [0, 0.05) is 18.2 Å². The molecule has 1 fully saturated rings. The molecule has 0 aromatic carbocycles. The van der Waals surface area contributed by atoms with Gasteiger partial charge in [-0.2, -0.15) is 4.98 Å². The van der Waals surface area contributed by atoms with Crippen molar-refractivity contribution in [2.24, 2.45) is 0 Å². The quantitative estimate of drug-likeness (QED) is 0.921. The molecule has 20 heavy (non-hydrogen) atoms.